The van der Waals surface area contributed by atoms with Crippen LogP contribution in [0.5, 0.6) is 10.8 Å². The number of rotatable bonds is 10. The van der Waals surface area contributed by atoms with Crippen molar-refractivity contribution in [1.29, 1.82) is 0 Å². The Morgan fingerprint density at radius 1 is 1.30 bits per heavy atom. The molecule has 0 saturated heterocycles. The Kier molecular flexibility index (Phi) is 9.13. The van der Waals surface area contributed by atoms with Gasteiger partial charge in [0.05, 0.1) is 23.3 Å². The van der Waals surface area contributed by atoms with Crippen LogP contribution in [0.3, 0.4) is 0 Å². The summed E-state index contributed by atoms with van der Waals surface area (Å²) >= 11 is 1.08. The third-order valence-electron chi connectivity index (χ3n) is 5.64. The Morgan fingerprint density at radius 2 is 1.98 bits per heavy atom. The molecule has 2 aromatic rings. The number of hydrogen-bond donors (Lipinski definition) is 2. The molecule has 1 amide bonds. The van der Waals surface area contributed by atoms with E-state index in [2.05, 4.69) is 15.0 Å². The normalized spacial score (nSPS) is 15.8. The van der Waals surface area contributed by atoms with Crippen LogP contribution in [0.1, 0.15) is 52.5 Å². The van der Waals surface area contributed by atoms with Gasteiger partial charge < -0.3 is 19.3 Å². The van der Waals surface area contributed by atoms with Crippen molar-refractivity contribution in [3.8, 4) is 10.8 Å². The first-order valence-electron chi connectivity index (χ1n) is 12.2. The van der Waals surface area contributed by atoms with Crippen LogP contribution in [0.4, 0.5) is 29.3 Å². The molecule has 1 aliphatic heterocycles. The van der Waals surface area contributed by atoms with E-state index in [-0.39, 0.29) is 52.7 Å². The van der Waals surface area contributed by atoms with Gasteiger partial charge in [-0.05, 0) is 58.7 Å². The van der Waals surface area contributed by atoms with E-state index in [0.29, 0.717) is 25.3 Å². The van der Waals surface area contributed by atoms with E-state index >= 15 is 0 Å². The van der Waals surface area contributed by atoms with Gasteiger partial charge in [0.25, 0.3) is 10.0 Å². The Labute approximate surface area is 233 Å². The minimum absolute atomic E-state index is 0.00767. The fraction of sp³-hybridized carbons (Fsp3) is 0.542. The number of aromatic nitrogens is 1. The molecule has 222 valence electrons. The number of aliphatic carboxylic acids is 1. The molecule has 3 rings (SSSR count). The predicted molar refractivity (Wildman–Crippen MR) is 140 cm³/mol. The summed E-state index contributed by atoms with van der Waals surface area (Å²) < 4.78 is 84.5. The van der Waals surface area contributed by atoms with Gasteiger partial charge in [-0.25, -0.2) is 9.78 Å². The number of amides is 1. The maximum atomic E-state index is 14.0. The topological polar surface area (TPSA) is 144 Å². The zero-order valence-electron chi connectivity index (χ0n) is 22.4. The molecule has 1 atom stereocenters. The molecule has 16 heteroatoms. The molecule has 0 fully saturated rings. The molecule has 2 N–H and O–H groups in total. The lowest BCUT2D eigenvalue weighted by molar-refractivity contribution is -0.242. The molecule has 1 unspecified atom stereocenters. The van der Waals surface area contributed by atoms with E-state index in [1.807, 2.05) is 0 Å². The summed E-state index contributed by atoms with van der Waals surface area (Å²) in [5, 5.41) is 11.5. The number of halogens is 3. The molecule has 0 aliphatic carbocycles. The van der Waals surface area contributed by atoms with Crippen LogP contribution in [0.25, 0.3) is 0 Å². The number of sulfonamides is 1. The maximum Gasteiger partial charge on any atom is 0.427 e. The van der Waals surface area contributed by atoms with Crippen molar-refractivity contribution in [2.75, 3.05) is 16.2 Å². The van der Waals surface area contributed by atoms with Crippen molar-refractivity contribution in [2.45, 2.75) is 82.9 Å². The third kappa shape index (κ3) is 7.08. The first-order chi connectivity index (χ1) is 18.4. The predicted octanol–water partition coefficient (Wildman–Crippen LogP) is 5.20. The lowest BCUT2D eigenvalue weighted by Crippen LogP contribution is -2.44. The average Bonchev–Trinajstić information content (AvgIpc) is 3.24. The van der Waals surface area contributed by atoms with Gasteiger partial charge in [0.1, 0.15) is 11.9 Å². The van der Waals surface area contributed by atoms with Crippen molar-refractivity contribution in [3.05, 3.63) is 23.2 Å². The van der Waals surface area contributed by atoms with Gasteiger partial charge in [-0.15, -0.1) is 0 Å². The molecule has 0 spiro atoms. The number of anilines is 2. The van der Waals surface area contributed by atoms with Crippen molar-refractivity contribution in [3.63, 3.8) is 0 Å². The largest absolute Gasteiger partial charge is 0.486 e. The highest BCUT2D eigenvalue weighted by molar-refractivity contribution is 7.93. The molecule has 2 heterocycles. The molecule has 1 aromatic carbocycles. The highest BCUT2D eigenvalue weighted by Gasteiger charge is 2.51. The number of aryl methyl sites for hydroxylation is 1. The van der Waals surface area contributed by atoms with E-state index < -0.39 is 40.0 Å². The minimum atomic E-state index is -4.83. The van der Waals surface area contributed by atoms with Gasteiger partial charge in [-0.1, -0.05) is 18.3 Å². The van der Waals surface area contributed by atoms with Crippen LogP contribution in [0.2, 0.25) is 0 Å². The molecule has 1 aliphatic rings. The first-order valence-corrected chi connectivity index (χ1v) is 14.5. The van der Waals surface area contributed by atoms with Crippen molar-refractivity contribution < 1.29 is 50.5 Å². The summed E-state index contributed by atoms with van der Waals surface area (Å²) in [4.78, 5) is 27.7. The number of carboxylic acid groups (broad SMARTS) is 1. The molecule has 11 nitrogen and oxygen atoms in total. The highest BCUT2D eigenvalue weighted by Crippen LogP contribution is 2.42. The Hall–Kier alpha value is -3.27. The van der Waals surface area contributed by atoms with Crippen LogP contribution in [-0.4, -0.2) is 61.1 Å². The Morgan fingerprint density at radius 3 is 2.55 bits per heavy atom. The molecular formula is C24H30F3N3O8S2. The summed E-state index contributed by atoms with van der Waals surface area (Å²) in [6, 6.07) is 3.81. The van der Waals surface area contributed by atoms with Crippen molar-refractivity contribution in [1.82, 2.24) is 4.98 Å². The summed E-state index contributed by atoms with van der Waals surface area (Å²) in [6.07, 6.45) is -7.29. The summed E-state index contributed by atoms with van der Waals surface area (Å²) in [7, 11) is -4.42. The first kappa shape index (κ1) is 31.3. The standard InChI is InChI=1S/C24H30F3N3O8S2/c1-6-18-29-20(21(39-18)36-13(2)3)40(34,35)30-12-15(8-10-19(31)32)37-17-9-7-14(11-16(17)30)28-22(33)38-23(4,5)24(25,26)27/h7,9,11,13,15H,6,8,10,12H2,1-5H3,(H,28,33)(H,31,32). The monoisotopic (exact) mass is 609 g/mol. The second-order valence-electron chi connectivity index (χ2n) is 9.63. The summed E-state index contributed by atoms with van der Waals surface area (Å²) in [5.74, 6) is -1.04. The molecule has 40 heavy (non-hydrogen) atoms. The molecule has 0 saturated carbocycles. The molecular weight excluding hydrogens is 579 g/mol. The lowest BCUT2D eigenvalue weighted by atomic mass is 10.1. The van der Waals surface area contributed by atoms with Gasteiger partial charge in [0.15, 0.2) is 0 Å². The highest BCUT2D eigenvalue weighted by atomic mass is 32.2. The number of thiazole rings is 1. The summed E-state index contributed by atoms with van der Waals surface area (Å²) in [6.45, 7) is 6.34. The Bertz CT molecular complexity index is 1360. The second-order valence-corrected chi connectivity index (χ2v) is 12.5. The van der Waals surface area contributed by atoms with Gasteiger partial charge in [-0.3, -0.25) is 14.4 Å². The van der Waals surface area contributed by atoms with Crippen LogP contribution >= 0.6 is 11.3 Å². The number of nitrogens with one attached hydrogen (secondary N) is 1. The van der Waals surface area contributed by atoms with Gasteiger partial charge in [0, 0.05) is 12.1 Å². The van der Waals surface area contributed by atoms with Crippen LogP contribution in [-0.2, 0) is 26.0 Å². The zero-order valence-corrected chi connectivity index (χ0v) is 24.0. The van der Waals surface area contributed by atoms with Gasteiger partial charge in [0.2, 0.25) is 15.7 Å². The van der Waals surface area contributed by atoms with Crippen LogP contribution in [0, 0.1) is 0 Å². The van der Waals surface area contributed by atoms with E-state index in [4.69, 9.17) is 14.6 Å². The number of hydrogen-bond acceptors (Lipinski definition) is 9. The average molecular weight is 610 g/mol. The fourth-order valence-electron chi connectivity index (χ4n) is 3.52. The number of nitrogens with zero attached hydrogens (tertiary/aromatic N) is 2. The van der Waals surface area contributed by atoms with Gasteiger partial charge >= 0.3 is 18.2 Å². The van der Waals surface area contributed by atoms with Gasteiger partial charge in [-0.2, -0.15) is 21.6 Å². The van der Waals surface area contributed by atoms with E-state index in [0.717, 1.165) is 15.6 Å². The minimum Gasteiger partial charge on any atom is -0.486 e. The number of alkyl halides is 3. The van der Waals surface area contributed by atoms with E-state index in [1.165, 1.54) is 18.2 Å². The second kappa shape index (κ2) is 11.7. The third-order valence-corrected chi connectivity index (χ3v) is 8.55. The zero-order chi connectivity index (χ0) is 30.0. The van der Waals surface area contributed by atoms with E-state index in [9.17, 15) is 31.2 Å². The number of benzene rings is 1. The fourth-order valence-corrected chi connectivity index (χ4v) is 6.35. The molecule has 1 aromatic heterocycles. The van der Waals surface area contributed by atoms with Crippen molar-refractivity contribution >= 4 is 44.8 Å². The van der Waals surface area contributed by atoms with Crippen LogP contribution in [0.15, 0.2) is 23.2 Å². The number of carbonyl (C=O) groups is 2. The maximum absolute atomic E-state index is 14.0. The number of ether oxygens (including phenoxy) is 3. The molecule has 0 bridgehead atoms. The Balaban J connectivity index is 2.02. The SMILES string of the molecule is CCc1nc(S(=O)(=O)N2CC(CCC(=O)O)Oc3ccc(NC(=O)OC(C)(C)C(F)(F)F)cc32)c(OC(C)C)s1. The van der Waals surface area contributed by atoms with E-state index in [1.54, 1.807) is 20.8 Å². The number of carbonyl (C=O) groups excluding carboxylic acids is 1. The quantitative estimate of drug-likeness (QED) is 0.371. The smallest absolute Gasteiger partial charge is 0.427 e. The van der Waals surface area contributed by atoms with Crippen molar-refractivity contribution in [2.24, 2.45) is 0 Å². The van der Waals surface area contributed by atoms with Crippen LogP contribution < -0.4 is 19.1 Å². The number of fused-ring (bicyclic) bond motifs is 1. The molecule has 0 radical (unpaired) electrons. The number of carboxylic acids is 1. The lowest BCUT2D eigenvalue weighted by Gasteiger charge is -2.35. The summed E-state index contributed by atoms with van der Waals surface area (Å²) in [5.41, 5.74) is -2.89.